The third-order valence-corrected chi connectivity index (χ3v) is 6.55. The van der Waals surface area contributed by atoms with Crippen LogP contribution in [0.4, 0.5) is 0 Å². The van der Waals surface area contributed by atoms with E-state index in [4.69, 9.17) is 0 Å². The predicted molar refractivity (Wildman–Crippen MR) is 99.7 cm³/mol. The molecule has 9 heteroatoms. The molecule has 2 aromatic rings. The second-order valence-corrected chi connectivity index (χ2v) is 8.95. The average molecular weight is 379 g/mol. The van der Waals surface area contributed by atoms with Crippen molar-refractivity contribution >= 4 is 10.2 Å². The zero-order chi connectivity index (χ0) is 18.7. The summed E-state index contributed by atoms with van der Waals surface area (Å²) in [6.45, 7) is 3.99. The quantitative estimate of drug-likeness (QED) is 0.764. The first-order chi connectivity index (χ1) is 12.4. The number of hydrogen-bond donors (Lipinski definition) is 0. The normalized spacial score (nSPS) is 19.2. The monoisotopic (exact) mass is 378 g/mol. The van der Waals surface area contributed by atoms with Gasteiger partial charge in [0.1, 0.15) is 0 Å². The predicted octanol–water partition coefficient (Wildman–Crippen LogP) is 1.74. The van der Waals surface area contributed by atoms with Gasteiger partial charge in [0.05, 0.1) is 23.8 Å². The second kappa shape index (κ2) is 7.81. The van der Waals surface area contributed by atoms with Gasteiger partial charge in [0, 0.05) is 57.6 Å². The summed E-state index contributed by atoms with van der Waals surface area (Å²) in [5, 5.41) is 4.32. The highest BCUT2D eigenvalue weighted by Gasteiger charge is 2.31. The molecule has 3 heterocycles. The van der Waals surface area contributed by atoms with Crippen LogP contribution in [-0.4, -0.2) is 64.0 Å². The summed E-state index contributed by atoms with van der Waals surface area (Å²) in [6.07, 6.45) is 10.1. The van der Waals surface area contributed by atoms with Gasteiger partial charge in [-0.1, -0.05) is 6.92 Å². The van der Waals surface area contributed by atoms with Crippen LogP contribution in [0, 0.1) is 0 Å². The molecule has 1 saturated heterocycles. The highest BCUT2D eigenvalue weighted by atomic mass is 32.2. The Morgan fingerprint density at radius 1 is 1.23 bits per heavy atom. The molecule has 0 unspecified atom stereocenters. The van der Waals surface area contributed by atoms with Crippen molar-refractivity contribution in [3.05, 3.63) is 30.5 Å². The largest absolute Gasteiger partial charge is 0.281 e. The molecule has 2 aromatic heterocycles. The zero-order valence-electron chi connectivity index (χ0n) is 15.5. The van der Waals surface area contributed by atoms with Crippen LogP contribution in [0.15, 0.2) is 24.8 Å². The summed E-state index contributed by atoms with van der Waals surface area (Å²) < 4.78 is 29.4. The van der Waals surface area contributed by atoms with Gasteiger partial charge >= 0.3 is 0 Å². The third-order valence-electron chi connectivity index (χ3n) is 4.64. The fourth-order valence-electron chi connectivity index (χ4n) is 3.17. The van der Waals surface area contributed by atoms with Crippen molar-refractivity contribution in [2.24, 2.45) is 0 Å². The molecule has 0 aliphatic carbocycles. The highest BCUT2D eigenvalue weighted by Crippen LogP contribution is 2.28. The lowest BCUT2D eigenvalue weighted by atomic mass is 9.96. The molecule has 0 amide bonds. The molecule has 1 aliphatic heterocycles. The van der Waals surface area contributed by atoms with Crippen LogP contribution in [0.3, 0.4) is 0 Å². The summed E-state index contributed by atoms with van der Waals surface area (Å²) in [5.41, 5.74) is 2.57. The van der Waals surface area contributed by atoms with Gasteiger partial charge in [-0.3, -0.25) is 14.6 Å². The molecule has 1 atom stereocenters. The Hall–Kier alpha value is -1.84. The maximum atomic E-state index is 12.4. The molecule has 0 bridgehead atoms. The summed E-state index contributed by atoms with van der Waals surface area (Å²) in [6, 6.07) is 0. The minimum Gasteiger partial charge on any atom is -0.272 e. The lowest BCUT2D eigenvalue weighted by molar-refractivity contribution is 0.296. The van der Waals surface area contributed by atoms with E-state index in [2.05, 4.69) is 22.0 Å². The summed E-state index contributed by atoms with van der Waals surface area (Å²) in [4.78, 5) is 9.09. The van der Waals surface area contributed by atoms with Crippen molar-refractivity contribution < 1.29 is 8.42 Å². The van der Waals surface area contributed by atoms with Crippen LogP contribution in [0.5, 0.6) is 0 Å². The molecule has 0 aromatic carbocycles. The van der Waals surface area contributed by atoms with Crippen molar-refractivity contribution in [1.82, 2.24) is 28.4 Å². The molecule has 0 saturated carbocycles. The first kappa shape index (κ1) is 18.9. The Morgan fingerprint density at radius 2 is 2.04 bits per heavy atom. The Balaban J connectivity index is 1.73. The van der Waals surface area contributed by atoms with Gasteiger partial charge < -0.3 is 0 Å². The molecule has 0 N–H and O–H groups in total. The summed E-state index contributed by atoms with van der Waals surface area (Å²) >= 11 is 0. The SMILES string of the molecule is CCCn1cc(-c2cnc([C@@H]3CCCN(S(=O)(=O)N(C)C)C3)cn2)cn1. The van der Waals surface area contributed by atoms with Crippen molar-refractivity contribution in [2.45, 2.75) is 38.6 Å². The average Bonchev–Trinajstić information content (AvgIpc) is 3.11. The zero-order valence-corrected chi connectivity index (χ0v) is 16.4. The Kier molecular flexibility index (Phi) is 5.69. The molecule has 1 fully saturated rings. The topological polar surface area (TPSA) is 84.2 Å². The van der Waals surface area contributed by atoms with Gasteiger partial charge in [0.15, 0.2) is 0 Å². The molecule has 8 nitrogen and oxygen atoms in total. The standard InChI is InChI=1S/C17H26N6O2S/c1-4-7-22-12-15(9-20-22)17-11-18-16(10-19-17)14-6-5-8-23(13-14)26(24,25)21(2)3/h9-12,14H,4-8,13H2,1-3H3/t14-/m1/s1. The first-order valence-electron chi connectivity index (χ1n) is 8.94. The molecule has 142 valence electrons. The number of rotatable bonds is 6. The van der Waals surface area contributed by atoms with Gasteiger partial charge in [-0.25, -0.2) is 0 Å². The van der Waals surface area contributed by atoms with Crippen LogP contribution in [0.25, 0.3) is 11.3 Å². The van der Waals surface area contributed by atoms with E-state index in [0.29, 0.717) is 13.1 Å². The maximum absolute atomic E-state index is 12.4. The fraction of sp³-hybridized carbons (Fsp3) is 0.588. The van der Waals surface area contributed by atoms with E-state index in [1.807, 2.05) is 10.9 Å². The van der Waals surface area contributed by atoms with E-state index in [1.165, 1.54) is 8.61 Å². The number of piperidine rings is 1. The van der Waals surface area contributed by atoms with Crippen molar-refractivity contribution in [1.29, 1.82) is 0 Å². The van der Waals surface area contributed by atoms with Crippen LogP contribution in [0.2, 0.25) is 0 Å². The Morgan fingerprint density at radius 3 is 2.69 bits per heavy atom. The summed E-state index contributed by atoms with van der Waals surface area (Å²) in [7, 11) is -0.264. The van der Waals surface area contributed by atoms with Gasteiger partial charge in [-0.15, -0.1) is 0 Å². The Labute approximate surface area is 155 Å². The summed E-state index contributed by atoms with van der Waals surface area (Å²) in [5.74, 6) is 0.0721. The molecular formula is C17H26N6O2S. The number of aromatic nitrogens is 4. The van der Waals surface area contributed by atoms with E-state index < -0.39 is 10.2 Å². The van der Waals surface area contributed by atoms with Gasteiger partial charge in [-0.05, 0) is 19.3 Å². The van der Waals surface area contributed by atoms with Crippen LogP contribution < -0.4 is 0 Å². The van der Waals surface area contributed by atoms with Crippen molar-refractivity contribution in [2.75, 3.05) is 27.2 Å². The second-order valence-electron chi connectivity index (χ2n) is 6.81. The van der Waals surface area contributed by atoms with Gasteiger partial charge in [-0.2, -0.15) is 22.1 Å². The lowest BCUT2D eigenvalue weighted by Crippen LogP contribution is -2.45. The minimum atomic E-state index is -3.39. The molecule has 3 rings (SSSR count). The van der Waals surface area contributed by atoms with E-state index in [-0.39, 0.29) is 5.92 Å². The maximum Gasteiger partial charge on any atom is 0.281 e. The number of aryl methyl sites for hydroxylation is 1. The number of hydrogen-bond acceptors (Lipinski definition) is 5. The number of nitrogens with zero attached hydrogens (tertiary/aromatic N) is 6. The molecule has 1 aliphatic rings. The smallest absolute Gasteiger partial charge is 0.272 e. The lowest BCUT2D eigenvalue weighted by Gasteiger charge is -2.33. The third kappa shape index (κ3) is 3.94. The van der Waals surface area contributed by atoms with Crippen molar-refractivity contribution in [3.8, 4) is 11.3 Å². The highest BCUT2D eigenvalue weighted by molar-refractivity contribution is 7.86. The van der Waals surface area contributed by atoms with Crippen LogP contribution in [-0.2, 0) is 16.8 Å². The molecular weight excluding hydrogens is 352 g/mol. The fourth-order valence-corrected chi connectivity index (χ4v) is 4.36. The van der Waals surface area contributed by atoms with Crippen LogP contribution >= 0.6 is 0 Å². The van der Waals surface area contributed by atoms with E-state index in [9.17, 15) is 8.42 Å². The Bertz CT molecular complexity index is 831. The van der Waals surface area contributed by atoms with Gasteiger partial charge in [0.25, 0.3) is 10.2 Å². The van der Waals surface area contributed by atoms with E-state index in [0.717, 1.165) is 42.8 Å². The van der Waals surface area contributed by atoms with Crippen LogP contribution in [0.1, 0.15) is 37.8 Å². The first-order valence-corrected chi connectivity index (χ1v) is 10.3. The minimum absolute atomic E-state index is 0.0721. The van der Waals surface area contributed by atoms with Gasteiger partial charge in [0.2, 0.25) is 0 Å². The molecule has 0 radical (unpaired) electrons. The van der Waals surface area contributed by atoms with Crippen molar-refractivity contribution in [3.63, 3.8) is 0 Å². The molecule has 26 heavy (non-hydrogen) atoms. The van der Waals surface area contributed by atoms with E-state index >= 15 is 0 Å². The van der Waals surface area contributed by atoms with E-state index in [1.54, 1.807) is 32.7 Å². The molecule has 0 spiro atoms.